The Balaban J connectivity index is 2.03. The van der Waals surface area contributed by atoms with Crippen LogP contribution in [-0.2, 0) is 10.3 Å². The molecular weight excluding hydrogens is 310 g/mol. The van der Waals surface area contributed by atoms with Gasteiger partial charge in [-0.15, -0.1) is 11.3 Å². The summed E-state index contributed by atoms with van der Waals surface area (Å²) < 4.78 is 0. The maximum atomic E-state index is 12.1. The minimum absolute atomic E-state index is 0.0683. The van der Waals surface area contributed by atoms with Gasteiger partial charge in [-0.3, -0.25) is 14.7 Å². The number of amides is 1. The van der Waals surface area contributed by atoms with E-state index < -0.39 is 5.54 Å². The quantitative estimate of drug-likeness (QED) is 0.914. The number of guanidine groups is 1. The van der Waals surface area contributed by atoms with Crippen molar-refractivity contribution in [3.05, 3.63) is 40.9 Å². The Kier molecular flexibility index (Phi) is 3.62. The lowest BCUT2D eigenvalue weighted by Crippen LogP contribution is -2.47. The van der Waals surface area contributed by atoms with E-state index in [-0.39, 0.29) is 18.3 Å². The molecule has 0 bridgehead atoms. The van der Waals surface area contributed by atoms with Gasteiger partial charge in [-0.2, -0.15) is 5.26 Å². The average molecular weight is 325 g/mol. The molecule has 2 aromatic heterocycles. The maximum absolute atomic E-state index is 12.1. The van der Waals surface area contributed by atoms with Crippen molar-refractivity contribution in [2.75, 3.05) is 7.05 Å². The monoisotopic (exact) mass is 325 g/mol. The molecule has 1 atom stereocenters. The molecule has 0 spiro atoms. The zero-order valence-corrected chi connectivity index (χ0v) is 13.6. The number of carbonyl (C=O) groups excluding carboxylic acids is 1. The molecule has 23 heavy (non-hydrogen) atoms. The van der Waals surface area contributed by atoms with Crippen LogP contribution in [0.1, 0.15) is 23.8 Å². The molecule has 2 aromatic rings. The van der Waals surface area contributed by atoms with Crippen LogP contribution in [0.5, 0.6) is 0 Å². The number of hydrogen-bond acceptors (Lipinski definition) is 6. The lowest BCUT2D eigenvalue weighted by molar-refractivity contribution is -0.128. The molecule has 116 valence electrons. The van der Waals surface area contributed by atoms with Crippen molar-refractivity contribution in [2.45, 2.75) is 18.9 Å². The molecule has 1 aliphatic rings. The van der Waals surface area contributed by atoms with Gasteiger partial charge in [0.2, 0.25) is 5.91 Å². The summed E-state index contributed by atoms with van der Waals surface area (Å²) in [6.07, 6.45) is 1.94. The zero-order chi connectivity index (χ0) is 16.6. The van der Waals surface area contributed by atoms with E-state index in [4.69, 9.17) is 11.0 Å². The summed E-state index contributed by atoms with van der Waals surface area (Å²) in [4.78, 5) is 23.9. The van der Waals surface area contributed by atoms with Gasteiger partial charge in [-0.1, -0.05) is 0 Å². The smallest absolute Gasteiger partial charge is 0.231 e. The number of aliphatic imine (C=N–C) groups is 1. The molecule has 3 heterocycles. The van der Waals surface area contributed by atoms with E-state index in [1.165, 1.54) is 16.2 Å². The minimum Gasteiger partial charge on any atom is -0.369 e. The number of hydrogen-bond donors (Lipinski definition) is 1. The van der Waals surface area contributed by atoms with Crippen LogP contribution >= 0.6 is 11.3 Å². The van der Waals surface area contributed by atoms with Crippen LogP contribution in [-0.4, -0.2) is 28.8 Å². The molecule has 0 saturated heterocycles. The molecule has 0 aliphatic carbocycles. The summed E-state index contributed by atoms with van der Waals surface area (Å²) in [5.41, 5.74) is 6.78. The predicted molar refractivity (Wildman–Crippen MR) is 88.6 cm³/mol. The third-order valence-corrected chi connectivity index (χ3v) is 4.94. The van der Waals surface area contributed by atoms with Crippen LogP contribution in [0.25, 0.3) is 10.6 Å². The van der Waals surface area contributed by atoms with Crippen LogP contribution in [0.2, 0.25) is 0 Å². The number of aromatic nitrogens is 1. The second kappa shape index (κ2) is 5.48. The number of carbonyl (C=O) groups is 1. The fraction of sp³-hybridized carbons (Fsp3) is 0.250. The Morgan fingerprint density at radius 3 is 2.87 bits per heavy atom. The normalized spacial score (nSPS) is 21.0. The first kappa shape index (κ1) is 15.2. The van der Waals surface area contributed by atoms with Crippen LogP contribution in [0.15, 0.2) is 35.5 Å². The van der Waals surface area contributed by atoms with Gasteiger partial charge in [-0.25, -0.2) is 4.99 Å². The van der Waals surface area contributed by atoms with E-state index in [9.17, 15) is 4.79 Å². The lowest BCUT2D eigenvalue weighted by Gasteiger charge is -2.33. The van der Waals surface area contributed by atoms with Crippen molar-refractivity contribution in [3.8, 4) is 16.6 Å². The van der Waals surface area contributed by atoms with Gasteiger partial charge in [0.15, 0.2) is 5.96 Å². The molecule has 2 N–H and O–H groups in total. The molecular formula is C16H15N5OS. The Labute approximate surface area is 137 Å². The van der Waals surface area contributed by atoms with Crippen LogP contribution < -0.4 is 5.73 Å². The predicted octanol–water partition coefficient (Wildman–Crippen LogP) is 2.07. The molecule has 0 radical (unpaired) electrons. The molecule has 3 rings (SSSR count). The Hall–Kier alpha value is -2.72. The number of nitrogens with two attached hydrogens (primary N) is 1. The number of pyridine rings is 1. The van der Waals surface area contributed by atoms with E-state index in [2.05, 4.69) is 16.0 Å². The molecule has 1 amide bonds. The summed E-state index contributed by atoms with van der Waals surface area (Å²) in [6.45, 7) is 1.89. The van der Waals surface area contributed by atoms with Gasteiger partial charge in [0.05, 0.1) is 22.5 Å². The van der Waals surface area contributed by atoms with Gasteiger partial charge < -0.3 is 5.73 Å². The topological polar surface area (TPSA) is 95.4 Å². The maximum Gasteiger partial charge on any atom is 0.231 e. The van der Waals surface area contributed by atoms with Crippen LogP contribution in [0.3, 0.4) is 0 Å². The molecule has 0 aromatic carbocycles. The molecule has 0 fully saturated rings. The summed E-state index contributed by atoms with van der Waals surface area (Å²) in [5, 5.41) is 8.95. The minimum atomic E-state index is -0.708. The van der Waals surface area contributed by atoms with Gasteiger partial charge in [-0.05, 0) is 36.8 Å². The number of nitrogens with zero attached hydrogens (tertiary/aromatic N) is 4. The van der Waals surface area contributed by atoms with E-state index in [0.29, 0.717) is 4.88 Å². The first-order valence-electron chi connectivity index (χ1n) is 7.02. The molecule has 1 aliphatic heterocycles. The van der Waals surface area contributed by atoms with E-state index >= 15 is 0 Å². The first-order valence-corrected chi connectivity index (χ1v) is 7.83. The van der Waals surface area contributed by atoms with E-state index in [1.807, 2.05) is 25.1 Å². The average Bonchev–Trinajstić information content (AvgIpc) is 3.02. The third-order valence-electron chi connectivity index (χ3n) is 3.92. The Morgan fingerprint density at radius 1 is 1.43 bits per heavy atom. The first-order chi connectivity index (χ1) is 10.9. The lowest BCUT2D eigenvalue weighted by atomic mass is 9.88. The van der Waals surface area contributed by atoms with Gasteiger partial charge >= 0.3 is 0 Å². The molecule has 7 heteroatoms. The number of nitriles is 1. The van der Waals surface area contributed by atoms with Crippen molar-refractivity contribution < 1.29 is 4.79 Å². The second-order valence-corrected chi connectivity index (χ2v) is 6.66. The largest absolute Gasteiger partial charge is 0.369 e. The fourth-order valence-corrected chi connectivity index (χ4v) is 3.28. The van der Waals surface area contributed by atoms with Crippen molar-refractivity contribution in [3.63, 3.8) is 0 Å². The third kappa shape index (κ3) is 2.69. The van der Waals surface area contributed by atoms with E-state index in [1.54, 1.807) is 19.3 Å². The summed E-state index contributed by atoms with van der Waals surface area (Å²) >= 11 is 1.38. The van der Waals surface area contributed by atoms with Crippen molar-refractivity contribution in [1.29, 1.82) is 5.26 Å². The molecule has 0 unspecified atom stereocenters. The van der Waals surface area contributed by atoms with Crippen LogP contribution in [0, 0.1) is 11.3 Å². The highest BCUT2D eigenvalue weighted by molar-refractivity contribution is 7.15. The number of rotatable bonds is 2. The van der Waals surface area contributed by atoms with E-state index in [0.717, 1.165) is 16.1 Å². The fourth-order valence-electron chi connectivity index (χ4n) is 2.51. The SMILES string of the molecule is CN1C(=O)C[C@@](C)(c2ccnc(-c3ccc(C#N)s3)c2)N=C1N. The highest BCUT2D eigenvalue weighted by Crippen LogP contribution is 2.35. The van der Waals surface area contributed by atoms with Gasteiger partial charge in [0, 0.05) is 13.2 Å². The summed E-state index contributed by atoms with van der Waals surface area (Å²) in [7, 11) is 1.62. The van der Waals surface area contributed by atoms with Crippen molar-refractivity contribution >= 4 is 23.2 Å². The van der Waals surface area contributed by atoms with Crippen molar-refractivity contribution in [2.24, 2.45) is 10.7 Å². The number of thiophene rings is 1. The molecule has 0 saturated carbocycles. The zero-order valence-electron chi connectivity index (χ0n) is 12.8. The highest BCUT2D eigenvalue weighted by atomic mass is 32.1. The summed E-state index contributed by atoms with van der Waals surface area (Å²) in [6, 6.07) is 9.51. The van der Waals surface area contributed by atoms with Gasteiger partial charge in [0.25, 0.3) is 0 Å². The molecule has 6 nitrogen and oxygen atoms in total. The standard InChI is InChI=1S/C16H15N5OS/c1-16(8-14(22)21(2)15(18)20-16)10-5-6-19-12(7-10)13-4-3-11(9-17)23-13/h3-7H,8H2,1-2H3,(H2,18,20)/t16-/m0/s1. The highest BCUT2D eigenvalue weighted by Gasteiger charge is 2.36. The Morgan fingerprint density at radius 2 is 2.22 bits per heavy atom. The summed E-state index contributed by atoms with van der Waals surface area (Å²) in [5.74, 6) is 0.145. The van der Waals surface area contributed by atoms with Gasteiger partial charge in [0.1, 0.15) is 10.9 Å². The Bertz CT molecular complexity index is 850. The van der Waals surface area contributed by atoms with Crippen molar-refractivity contribution in [1.82, 2.24) is 9.88 Å². The second-order valence-electron chi connectivity index (χ2n) is 5.58. The van der Waals surface area contributed by atoms with Crippen LogP contribution in [0.4, 0.5) is 0 Å².